The highest BCUT2D eigenvalue weighted by molar-refractivity contribution is 8.01. The molecule has 0 spiro atoms. The number of rotatable bonds is 5. The fourth-order valence-corrected chi connectivity index (χ4v) is 3.40. The predicted octanol–water partition coefficient (Wildman–Crippen LogP) is 3.29. The van der Waals surface area contributed by atoms with Crippen LogP contribution in [0.4, 0.5) is 18.9 Å². The van der Waals surface area contributed by atoms with Crippen LogP contribution in [-0.4, -0.2) is 35.4 Å². The van der Waals surface area contributed by atoms with E-state index in [0.717, 1.165) is 17.8 Å². The molecule has 1 aliphatic rings. The van der Waals surface area contributed by atoms with E-state index in [1.165, 1.54) is 6.07 Å². The average Bonchev–Trinajstić information content (AvgIpc) is 2.79. The number of alkyl halides is 3. The lowest BCUT2D eigenvalue weighted by molar-refractivity contribution is -0.140. The van der Waals surface area contributed by atoms with E-state index in [9.17, 15) is 27.6 Å². The van der Waals surface area contributed by atoms with Gasteiger partial charge in [0.15, 0.2) is 0 Å². The van der Waals surface area contributed by atoms with Crippen LogP contribution in [0.3, 0.4) is 0 Å². The zero-order valence-electron chi connectivity index (χ0n) is 12.9. The van der Waals surface area contributed by atoms with Crippen molar-refractivity contribution in [3.8, 4) is 0 Å². The van der Waals surface area contributed by atoms with Crippen LogP contribution in [-0.2, 0) is 25.3 Å². The van der Waals surface area contributed by atoms with Crippen LogP contribution in [0, 0.1) is 0 Å². The molecule has 1 aliphatic heterocycles. The normalized spacial score (nSPS) is 18.0. The maximum atomic E-state index is 12.9. The minimum atomic E-state index is -4.71. The highest BCUT2D eigenvalue weighted by Gasteiger charge is 2.41. The van der Waals surface area contributed by atoms with Crippen molar-refractivity contribution in [2.45, 2.75) is 24.8 Å². The Labute approximate surface area is 150 Å². The van der Waals surface area contributed by atoms with Gasteiger partial charge in [-0.05, 0) is 25.1 Å². The second kappa shape index (κ2) is 7.65. The fourth-order valence-electron chi connectivity index (χ4n) is 2.25. The number of carbonyl (C=O) groups excluding carboxylic acids is 3. The number of anilines is 1. The van der Waals surface area contributed by atoms with E-state index >= 15 is 0 Å². The van der Waals surface area contributed by atoms with Gasteiger partial charge in [0.1, 0.15) is 0 Å². The van der Waals surface area contributed by atoms with Gasteiger partial charge in [-0.2, -0.15) is 13.2 Å². The Kier molecular flexibility index (Phi) is 5.99. The lowest BCUT2D eigenvalue weighted by Gasteiger charge is -2.17. The molecule has 0 N–H and O–H groups in total. The van der Waals surface area contributed by atoms with E-state index in [4.69, 9.17) is 16.3 Å². The molecule has 2 amide bonds. The molecule has 1 aromatic rings. The number of esters is 1. The molecule has 25 heavy (non-hydrogen) atoms. The maximum Gasteiger partial charge on any atom is 0.417 e. The molecule has 1 fully saturated rings. The summed E-state index contributed by atoms with van der Waals surface area (Å²) in [4.78, 5) is 36.5. The van der Waals surface area contributed by atoms with Crippen LogP contribution >= 0.6 is 23.4 Å². The van der Waals surface area contributed by atoms with Gasteiger partial charge in [-0.3, -0.25) is 14.4 Å². The topological polar surface area (TPSA) is 63.7 Å². The molecule has 0 aromatic heterocycles. The Bertz CT molecular complexity index is 711. The lowest BCUT2D eigenvalue weighted by atomic mass is 10.2. The first-order chi connectivity index (χ1) is 11.6. The summed E-state index contributed by atoms with van der Waals surface area (Å²) in [7, 11) is 0. The van der Waals surface area contributed by atoms with Crippen molar-refractivity contribution in [3.05, 3.63) is 28.8 Å². The summed E-state index contributed by atoms with van der Waals surface area (Å²) < 4.78 is 43.6. The van der Waals surface area contributed by atoms with Crippen molar-refractivity contribution in [1.29, 1.82) is 0 Å². The second-order valence-electron chi connectivity index (χ2n) is 5.04. The van der Waals surface area contributed by atoms with E-state index in [0.29, 0.717) is 11.0 Å². The number of imide groups is 1. The number of halogens is 4. The van der Waals surface area contributed by atoms with E-state index in [1.807, 2.05) is 0 Å². The molecule has 1 saturated heterocycles. The van der Waals surface area contributed by atoms with Crippen molar-refractivity contribution < 1.29 is 32.3 Å². The van der Waals surface area contributed by atoms with Gasteiger partial charge in [-0.1, -0.05) is 11.6 Å². The van der Waals surface area contributed by atoms with Gasteiger partial charge >= 0.3 is 12.1 Å². The van der Waals surface area contributed by atoms with E-state index in [-0.39, 0.29) is 24.5 Å². The number of amides is 2. The fraction of sp³-hybridized carbons (Fsp3) is 0.400. The largest absolute Gasteiger partial charge is 0.465 e. The van der Waals surface area contributed by atoms with Gasteiger partial charge in [-0.15, -0.1) is 11.8 Å². The van der Waals surface area contributed by atoms with Gasteiger partial charge in [0.25, 0.3) is 0 Å². The molecule has 0 saturated carbocycles. The first-order valence-corrected chi connectivity index (χ1v) is 8.58. The average molecular weight is 396 g/mol. The summed E-state index contributed by atoms with van der Waals surface area (Å²) in [6.07, 6.45) is -4.91. The number of carbonyl (C=O) groups is 3. The third-order valence-electron chi connectivity index (χ3n) is 3.33. The summed E-state index contributed by atoms with van der Waals surface area (Å²) in [6, 6.07) is 2.82. The Balaban J connectivity index is 2.19. The molecule has 5 nitrogen and oxygen atoms in total. The Morgan fingerprint density at radius 2 is 2.08 bits per heavy atom. The number of ether oxygens (including phenoxy) is 1. The van der Waals surface area contributed by atoms with Crippen molar-refractivity contribution in [1.82, 2.24) is 0 Å². The van der Waals surface area contributed by atoms with Crippen LogP contribution < -0.4 is 4.90 Å². The first kappa shape index (κ1) is 19.6. The van der Waals surface area contributed by atoms with Crippen LogP contribution in [0.5, 0.6) is 0 Å². The number of thioether (sulfide) groups is 1. The summed E-state index contributed by atoms with van der Waals surface area (Å²) in [5.41, 5.74) is -1.33. The molecule has 10 heteroatoms. The minimum Gasteiger partial charge on any atom is -0.465 e. The van der Waals surface area contributed by atoms with Gasteiger partial charge in [0.2, 0.25) is 11.8 Å². The molecule has 0 bridgehead atoms. The lowest BCUT2D eigenvalue weighted by Crippen LogP contribution is -2.31. The molecular formula is C15H13ClF3NO4S. The molecule has 1 unspecified atom stereocenters. The highest BCUT2D eigenvalue weighted by Crippen LogP contribution is 2.38. The molecule has 0 radical (unpaired) electrons. The third kappa shape index (κ3) is 4.46. The predicted molar refractivity (Wildman–Crippen MR) is 86.4 cm³/mol. The summed E-state index contributed by atoms with van der Waals surface area (Å²) >= 11 is 6.46. The molecule has 2 rings (SSSR count). The minimum absolute atomic E-state index is 0.125. The second-order valence-corrected chi connectivity index (χ2v) is 6.64. The Morgan fingerprint density at radius 1 is 1.40 bits per heavy atom. The molecule has 1 atom stereocenters. The zero-order chi connectivity index (χ0) is 18.8. The standard InChI is InChI=1S/C15H13ClF3NO4S/c1-2-24-13(22)7-25-11-6-12(21)20(14(11)23)8-3-4-10(16)9(5-8)15(17,18)19/h3-5,11H,2,6-7H2,1H3. The Hall–Kier alpha value is -1.74. The monoisotopic (exact) mass is 395 g/mol. The quantitative estimate of drug-likeness (QED) is 0.565. The van der Waals surface area contributed by atoms with Crippen molar-refractivity contribution in [2.75, 3.05) is 17.3 Å². The van der Waals surface area contributed by atoms with E-state index in [1.54, 1.807) is 6.92 Å². The van der Waals surface area contributed by atoms with Gasteiger partial charge < -0.3 is 4.74 Å². The smallest absolute Gasteiger partial charge is 0.417 e. The van der Waals surface area contributed by atoms with Crippen molar-refractivity contribution >= 4 is 46.8 Å². The van der Waals surface area contributed by atoms with E-state index < -0.39 is 39.8 Å². The summed E-state index contributed by atoms with van der Waals surface area (Å²) in [5.74, 6) is -1.96. The van der Waals surface area contributed by atoms with Gasteiger partial charge in [-0.25, -0.2) is 4.90 Å². The summed E-state index contributed by atoms with van der Waals surface area (Å²) in [5, 5.41) is -1.37. The highest BCUT2D eigenvalue weighted by atomic mass is 35.5. The zero-order valence-corrected chi connectivity index (χ0v) is 14.5. The molecule has 136 valence electrons. The van der Waals surface area contributed by atoms with Gasteiger partial charge in [0.05, 0.1) is 33.9 Å². The van der Waals surface area contributed by atoms with Gasteiger partial charge in [0, 0.05) is 6.42 Å². The maximum absolute atomic E-state index is 12.9. The van der Waals surface area contributed by atoms with Crippen molar-refractivity contribution in [2.24, 2.45) is 0 Å². The summed E-state index contributed by atoms with van der Waals surface area (Å²) in [6.45, 7) is 1.82. The number of hydrogen-bond donors (Lipinski definition) is 0. The molecule has 0 aliphatic carbocycles. The third-order valence-corrected chi connectivity index (χ3v) is 4.83. The molecular weight excluding hydrogens is 383 g/mol. The number of benzene rings is 1. The SMILES string of the molecule is CCOC(=O)CSC1CC(=O)N(c2ccc(Cl)c(C(F)(F)F)c2)C1=O. The van der Waals surface area contributed by atoms with Crippen LogP contribution in [0.25, 0.3) is 0 Å². The molecule has 1 aromatic carbocycles. The van der Waals surface area contributed by atoms with Crippen LogP contribution in [0.2, 0.25) is 5.02 Å². The van der Waals surface area contributed by atoms with Crippen molar-refractivity contribution in [3.63, 3.8) is 0 Å². The van der Waals surface area contributed by atoms with Crippen LogP contribution in [0.15, 0.2) is 18.2 Å². The number of nitrogens with zero attached hydrogens (tertiary/aromatic N) is 1. The number of hydrogen-bond acceptors (Lipinski definition) is 5. The first-order valence-electron chi connectivity index (χ1n) is 7.16. The Morgan fingerprint density at radius 3 is 2.68 bits per heavy atom. The van der Waals surface area contributed by atoms with E-state index in [2.05, 4.69) is 0 Å². The molecule has 1 heterocycles. The van der Waals surface area contributed by atoms with Crippen LogP contribution in [0.1, 0.15) is 18.9 Å².